The topological polar surface area (TPSA) is 38.7 Å². The van der Waals surface area contributed by atoms with E-state index in [9.17, 15) is 4.79 Å². The van der Waals surface area contributed by atoms with Crippen molar-refractivity contribution in [2.45, 2.75) is 79.1 Å². The summed E-state index contributed by atoms with van der Waals surface area (Å²) in [7, 11) is 0. The molecular weight excluding hydrogens is 322 g/mol. The average molecular weight is 358 g/mol. The molecular formula is C23H35NO2. The van der Waals surface area contributed by atoms with Crippen molar-refractivity contribution in [3.05, 3.63) is 11.6 Å². The van der Waals surface area contributed by atoms with Crippen LogP contribution in [0.4, 0.5) is 0 Å². The minimum atomic E-state index is 0.282. The Morgan fingerprint density at radius 3 is 2.73 bits per heavy atom. The zero-order chi connectivity index (χ0) is 18.5. The van der Waals surface area contributed by atoms with E-state index in [0.29, 0.717) is 23.7 Å². The van der Waals surface area contributed by atoms with E-state index in [1.807, 2.05) is 13.0 Å². The van der Waals surface area contributed by atoms with E-state index in [2.05, 4.69) is 25.9 Å². The molecule has 3 fully saturated rings. The molecule has 0 aromatic carbocycles. The van der Waals surface area contributed by atoms with Crippen LogP contribution < -0.4 is 0 Å². The van der Waals surface area contributed by atoms with Gasteiger partial charge in [-0.15, -0.1) is 0 Å². The number of oxime groups is 1. The fourth-order valence-electron chi connectivity index (χ4n) is 7.48. The van der Waals surface area contributed by atoms with E-state index >= 15 is 0 Å². The number of ketones is 1. The lowest BCUT2D eigenvalue weighted by Crippen LogP contribution is -2.51. The van der Waals surface area contributed by atoms with Gasteiger partial charge in [-0.3, -0.25) is 4.79 Å². The van der Waals surface area contributed by atoms with Crippen LogP contribution in [0, 0.1) is 34.5 Å². The molecule has 0 aromatic rings. The molecule has 3 saturated carbocycles. The molecule has 0 bridgehead atoms. The van der Waals surface area contributed by atoms with Gasteiger partial charge in [0.25, 0.3) is 0 Å². The summed E-state index contributed by atoms with van der Waals surface area (Å²) < 4.78 is 0. The first-order chi connectivity index (χ1) is 12.4. The number of hydrogen-bond acceptors (Lipinski definition) is 3. The second-order valence-electron chi connectivity index (χ2n) is 9.79. The van der Waals surface area contributed by atoms with Crippen molar-refractivity contribution in [1.82, 2.24) is 0 Å². The summed E-state index contributed by atoms with van der Waals surface area (Å²) in [5.41, 5.74) is 3.35. The molecule has 3 heteroatoms. The summed E-state index contributed by atoms with van der Waals surface area (Å²) in [6, 6.07) is 0. The number of hydrogen-bond donors (Lipinski definition) is 0. The summed E-state index contributed by atoms with van der Waals surface area (Å²) in [6.07, 6.45) is 11.5. The highest BCUT2D eigenvalue weighted by Gasteiger charge is 2.59. The molecule has 6 atom stereocenters. The van der Waals surface area contributed by atoms with Crippen molar-refractivity contribution in [3.63, 3.8) is 0 Å². The van der Waals surface area contributed by atoms with Gasteiger partial charge in [0, 0.05) is 12.3 Å². The molecule has 0 aromatic heterocycles. The third kappa shape index (κ3) is 2.60. The fraction of sp³-hybridized carbons (Fsp3) is 0.826. The van der Waals surface area contributed by atoms with Crippen LogP contribution in [0.1, 0.15) is 79.1 Å². The molecule has 4 rings (SSSR count). The highest BCUT2D eigenvalue weighted by atomic mass is 16.6. The Labute approximate surface area is 158 Å². The van der Waals surface area contributed by atoms with E-state index in [4.69, 9.17) is 4.84 Å². The lowest BCUT2D eigenvalue weighted by Gasteiger charge is -2.58. The molecule has 0 amide bonds. The van der Waals surface area contributed by atoms with Crippen LogP contribution in [0.25, 0.3) is 0 Å². The first-order valence-electron chi connectivity index (χ1n) is 10.8. The maximum Gasteiger partial charge on any atom is 0.155 e. The molecule has 0 aliphatic heterocycles. The van der Waals surface area contributed by atoms with Gasteiger partial charge in [0.2, 0.25) is 0 Å². The zero-order valence-corrected chi connectivity index (χ0v) is 17.0. The van der Waals surface area contributed by atoms with E-state index in [1.54, 1.807) is 0 Å². The highest BCUT2D eigenvalue weighted by molar-refractivity contribution is 5.91. The SMILES string of the molecule is CCO/N=C(\C)C1CCC2[C@@H]3CCC4=CC(=O)CCC4(C)C3CCC12C. The molecule has 0 N–H and O–H groups in total. The van der Waals surface area contributed by atoms with Gasteiger partial charge in [0.15, 0.2) is 5.78 Å². The van der Waals surface area contributed by atoms with E-state index in [0.717, 1.165) is 37.0 Å². The van der Waals surface area contributed by atoms with Gasteiger partial charge in [-0.1, -0.05) is 24.6 Å². The van der Waals surface area contributed by atoms with Gasteiger partial charge >= 0.3 is 0 Å². The lowest BCUT2D eigenvalue weighted by atomic mass is 9.46. The van der Waals surface area contributed by atoms with E-state index < -0.39 is 0 Å². The van der Waals surface area contributed by atoms with Crippen LogP contribution in [-0.4, -0.2) is 18.1 Å². The Bertz CT molecular complexity index is 651. The third-order valence-corrected chi connectivity index (χ3v) is 8.80. The predicted octanol–water partition coefficient (Wildman–Crippen LogP) is 5.55. The van der Waals surface area contributed by atoms with E-state index in [-0.39, 0.29) is 5.41 Å². The molecule has 0 saturated heterocycles. The largest absolute Gasteiger partial charge is 0.396 e. The first-order valence-corrected chi connectivity index (χ1v) is 10.8. The minimum absolute atomic E-state index is 0.282. The summed E-state index contributed by atoms with van der Waals surface area (Å²) in [4.78, 5) is 17.3. The number of nitrogens with zero attached hydrogens (tertiary/aromatic N) is 1. The maximum absolute atomic E-state index is 12.0. The molecule has 0 radical (unpaired) electrons. The summed E-state index contributed by atoms with van der Waals surface area (Å²) in [5.74, 6) is 3.36. The molecule has 4 aliphatic carbocycles. The van der Waals surface area contributed by atoms with Crippen LogP contribution in [0.2, 0.25) is 0 Å². The fourth-order valence-corrected chi connectivity index (χ4v) is 7.48. The maximum atomic E-state index is 12.0. The standard InChI is InChI=1S/C23H35NO2/c1-5-26-24-15(2)19-8-9-20-18-7-6-16-14-17(25)10-12-22(16,3)21(18)11-13-23(19,20)4/h14,18-21H,5-13H2,1-4H3/b24-15+/t18-,19?,20?,21?,22?,23?/m0/s1. The van der Waals surface area contributed by atoms with Gasteiger partial charge in [0.05, 0.1) is 5.71 Å². The molecule has 26 heavy (non-hydrogen) atoms. The third-order valence-electron chi connectivity index (χ3n) is 8.80. The van der Waals surface area contributed by atoms with Gasteiger partial charge in [0.1, 0.15) is 6.61 Å². The number of allylic oxidation sites excluding steroid dienone is 1. The average Bonchev–Trinajstić information content (AvgIpc) is 2.97. The Morgan fingerprint density at radius 1 is 1.15 bits per heavy atom. The van der Waals surface area contributed by atoms with Crippen molar-refractivity contribution < 1.29 is 9.63 Å². The highest BCUT2D eigenvalue weighted by Crippen LogP contribution is 2.66. The van der Waals surface area contributed by atoms with Crippen LogP contribution >= 0.6 is 0 Å². The molecule has 0 heterocycles. The molecule has 144 valence electrons. The smallest absolute Gasteiger partial charge is 0.155 e. The van der Waals surface area contributed by atoms with Crippen molar-refractivity contribution in [1.29, 1.82) is 0 Å². The second kappa shape index (κ2) is 6.49. The van der Waals surface area contributed by atoms with Crippen molar-refractivity contribution in [2.75, 3.05) is 6.61 Å². The van der Waals surface area contributed by atoms with E-state index in [1.165, 1.54) is 43.4 Å². The monoisotopic (exact) mass is 357 g/mol. The van der Waals surface area contributed by atoms with Crippen molar-refractivity contribution in [2.24, 2.45) is 39.7 Å². The minimum Gasteiger partial charge on any atom is -0.396 e. The lowest BCUT2D eigenvalue weighted by molar-refractivity contribution is -0.117. The van der Waals surface area contributed by atoms with Crippen molar-refractivity contribution >= 4 is 11.5 Å². The van der Waals surface area contributed by atoms with Gasteiger partial charge in [-0.05, 0) is 93.5 Å². The summed E-state index contributed by atoms with van der Waals surface area (Å²) >= 11 is 0. The Balaban J connectivity index is 1.60. The number of carbonyl (C=O) groups is 1. The molecule has 0 spiro atoms. The summed E-state index contributed by atoms with van der Waals surface area (Å²) in [6.45, 7) is 9.84. The van der Waals surface area contributed by atoms with Gasteiger partial charge in [-0.2, -0.15) is 0 Å². The normalized spacial score (nSPS) is 45.5. The van der Waals surface area contributed by atoms with Gasteiger partial charge in [-0.25, -0.2) is 0 Å². The van der Waals surface area contributed by atoms with Crippen molar-refractivity contribution in [3.8, 4) is 0 Å². The molecule has 5 unspecified atom stereocenters. The van der Waals surface area contributed by atoms with Crippen LogP contribution in [0.5, 0.6) is 0 Å². The number of rotatable bonds is 3. The number of carbonyl (C=O) groups excluding carboxylic acids is 1. The summed E-state index contributed by atoms with van der Waals surface area (Å²) in [5, 5.41) is 4.42. The second-order valence-corrected chi connectivity index (χ2v) is 9.79. The van der Waals surface area contributed by atoms with Crippen LogP contribution in [0.15, 0.2) is 16.8 Å². The molecule has 3 nitrogen and oxygen atoms in total. The Hall–Kier alpha value is -1.12. The number of fused-ring (bicyclic) bond motifs is 5. The zero-order valence-electron chi connectivity index (χ0n) is 17.0. The quantitative estimate of drug-likeness (QED) is 0.491. The van der Waals surface area contributed by atoms with Crippen LogP contribution in [-0.2, 0) is 9.63 Å². The van der Waals surface area contributed by atoms with Crippen LogP contribution in [0.3, 0.4) is 0 Å². The Morgan fingerprint density at radius 2 is 1.96 bits per heavy atom. The predicted molar refractivity (Wildman–Crippen MR) is 105 cm³/mol. The Kier molecular flexibility index (Phi) is 4.56. The molecule has 4 aliphatic rings. The first kappa shape index (κ1) is 18.3. The van der Waals surface area contributed by atoms with Gasteiger partial charge < -0.3 is 4.84 Å².